The molecule has 2 saturated heterocycles. The standard InChI is InChI=1S/C28H36N4O3/c33-27(32-18-16-30(17-19-32)25-9-5-10-25)21-29-12-14-31(15-13-29)26-11-4-8-24(20-26)28(34)35-22-23-6-2-1-3-7-23/h1-4,6-8,11,20,25H,5,9-10,12-19,21-22H2. The van der Waals surface area contributed by atoms with Crippen LogP contribution in [0.15, 0.2) is 54.6 Å². The second-order valence-corrected chi connectivity index (χ2v) is 9.88. The van der Waals surface area contributed by atoms with Gasteiger partial charge in [0.1, 0.15) is 6.61 Å². The van der Waals surface area contributed by atoms with Crippen LogP contribution in [0.2, 0.25) is 0 Å². The summed E-state index contributed by atoms with van der Waals surface area (Å²) < 4.78 is 5.49. The van der Waals surface area contributed by atoms with E-state index in [9.17, 15) is 9.59 Å². The van der Waals surface area contributed by atoms with E-state index in [-0.39, 0.29) is 18.5 Å². The summed E-state index contributed by atoms with van der Waals surface area (Å²) in [6.45, 7) is 7.91. The summed E-state index contributed by atoms with van der Waals surface area (Å²) in [5.74, 6) is -0.0489. The smallest absolute Gasteiger partial charge is 0.338 e. The van der Waals surface area contributed by atoms with Crippen LogP contribution in [0.4, 0.5) is 5.69 Å². The summed E-state index contributed by atoms with van der Waals surface area (Å²) in [6.07, 6.45) is 4.02. The average molecular weight is 477 g/mol. The molecular weight excluding hydrogens is 440 g/mol. The number of amides is 1. The third-order valence-corrected chi connectivity index (χ3v) is 7.65. The third-order valence-electron chi connectivity index (χ3n) is 7.65. The number of esters is 1. The Morgan fingerprint density at radius 3 is 2.26 bits per heavy atom. The molecule has 2 aromatic rings. The minimum absolute atomic E-state index is 0.259. The zero-order valence-electron chi connectivity index (χ0n) is 20.5. The Balaban J connectivity index is 1.07. The maximum Gasteiger partial charge on any atom is 0.338 e. The molecule has 0 N–H and O–H groups in total. The zero-order chi connectivity index (χ0) is 24.0. The van der Waals surface area contributed by atoms with E-state index in [1.54, 1.807) is 6.07 Å². The highest BCUT2D eigenvalue weighted by Crippen LogP contribution is 2.25. The van der Waals surface area contributed by atoms with E-state index in [0.29, 0.717) is 12.1 Å². The lowest BCUT2D eigenvalue weighted by Gasteiger charge is -2.43. The minimum Gasteiger partial charge on any atom is -0.457 e. The SMILES string of the molecule is O=C(OCc1ccccc1)c1cccc(N2CCN(CC(=O)N3CCN(C4CCC4)CC3)CC2)c1. The van der Waals surface area contributed by atoms with Gasteiger partial charge in [-0.05, 0) is 36.6 Å². The van der Waals surface area contributed by atoms with Crippen molar-refractivity contribution in [3.63, 3.8) is 0 Å². The van der Waals surface area contributed by atoms with Gasteiger partial charge in [0, 0.05) is 64.1 Å². The van der Waals surface area contributed by atoms with Gasteiger partial charge >= 0.3 is 5.97 Å². The van der Waals surface area contributed by atoms with E-state index < -0.39 is 0 Å². The molecule has 0 aromatic heterocycles. The molecule has 5 rings (SSSR count). The molecule has 3 fully saturated rings. The van der Waals surface area contributed by atoms with Crippen LogP contribution in [0, 0.1) is 0 Å². The third kappa shape index (κ3) is 6.03. The van der Waals surface area contributed by atoms with Crippen LogP contribution < -0.4 is 4.90 Å². The molecule has 7 heteroatoms. The monoisotopic (exact) mass is 476 g/mol. The van der Waals surface area contributed by atoms with Crippen molar-refractivity contribution < 1.29 is 14.3 Å². The van der Waals surface area contributed by atoms with Crippen LogP contribution in [-0.2, 0) is 16.1 Å². The average Bonchev–Trinajstić information content (AvgIpc) is 2.88. The Labute approximate surface area is 208 Å². The summed E-state index contributed by atoms with van der Waals surface area (Å²) in [5, 5.41) is 0. The summed E-state index contributed by atoms with van der Waals surface area (Å²) >= 11 is 0. The fourth-order valence-electron chi connectivity index (χ4n) is 5.18. The van der Waals surface area contributed by atoms with E-state index in [1.807, 2.05) is 53.4 Å². The Morgan fingerprint density at radius 2 is 1.57 bits per heavy atom. The van der Waals surface area contributed by atoms with Crippen LogP contribution in [-0.4, -0.2) is 91.5 Å². The van der Waals surface area contributed by atoms with Gasteiger partial charge in [-0.3, -0.25) is 14.6 Å². The number of ether oxygens (including phenoxy) is 1. The molecule has 35 heavy (non-hydrogen) atoms. The Hall–Kier alpha value is -2.90. The molecule has 186 valence electrons. The van der Waals surface area contributed by atoms with Crippen molar-refractivity contribution >= 4 is 17.6 Å². The lowest BCUT2D eigenvalue weighted by atomic mass is 9.91. The molecule has 1 aliphatic carbocycles. The van der Waals surface area contributed by atoms with Crippen molar-refractivity contribution in [3.05, 3.63) is 65.7 Å². The van der Waals surface area contributed by atoms with Gasteiger partial charge in [-0.2, -0.15) is 0 Å². The zero-order valence-corrected chi connectivity index (χ0v) is 20.5. The van der Waals surface area contributed by atoms with Gasteiger partial charge in [0.05, 0.1) is 12.1 Å². The van der Waals surface area contributed by atoms with E-state index in [0.717, 1.165) is 69.7 Å². The molecule has 1 saturated carbocycles. The second kappa shape index (κ2) is 11.2. The van der Waals surface area contributed by atoms with Crippen molar-refractivity contribution in [3.8, 4) is 0 Å². The van der Waals surface area contributed by atoms with Gasteiger partial charge in [0.15, 0.2) is 0 Å². The number of hydrogen-bond donors (Lipinski definition) is 0. The van der Waals surface area contributed by atoms with Gasteiger partial charge < -0.3 is 14.5 Å². The molecular formula is C28H36N4O3. The fraction of sp³-hybridized carbons (Fsp3) is 0.500. The molecule has 0 atom stereocenters. The molecule has 0 bridgehead atoms. The predicted octanol–water partition coefficient (Wildman–Crippen LogP) is 2.86. The minimum atomic E-state index is -0.308. The van der Waals surface area contributed by atoms with Gasteiger partial charge in [-0.25, -0.2) is 4.79 Å². The predicted molar refractivity (Wildman–Crippen MR) is 136 cm³/mol. The maximum absolute atomic E-state index is 12.9. The second-order valence-electron chi connectivity index (χ2n) is 9.88. The van der Waals surface area contributed by atoms with E-state index >= 15 is 0 Å². The van der Waals surface area contributed by atoms with E-state index in [1.165, 1.54) is 19.3 Å². The van der Waals surface area contributed by atoms with Crippen molar-refractivity contribution in [2.75, 3.05) is 63.8 Å². The van der Waals surface area contributed by atoms with Crippen LogP contribution in [0.1, 0.15) is 35.2 Å². The number of nitrogens with zero attached hydrogens (tertiary/aromatic N) is 4. The molecule has 2 aromatic carbocycles. The Kier molecular flexibility index (Phi) is 7.64. The van der Waals surface area contributed by atoms with Gasteiger partial charge in [-0.15, -0.1) is 0 Å². The quantitative estimate of drug-likeness (QED) is 0.573. The highest BCUT2D eigenvalue weighted by molar-refractivity contribution is 5.90. The summed E-state index contributed by atoms with van der Waals surface area (Å²) in [5.41, 5.74) is 2.57. The van der Waals surface area contributed by atoms with Crippen molar-refractivity contribution in [1.82, 2.24) is 14.7 Å². The van der Waals surface area contributed by atoms with Crippen LogP contribution >= 0.6 is 0 Å². The highest BCUT2D eigenvalue weighted by atomic mass is 16.5. The number of hydrogen-bond acceptors (Lipinski definition) is 6. The normalized spacial score (nSPS) is 19.9. The lowest BCUT2D eigenvalue weighted by Crippen LogP contribution is -2.56. The molecule has 0 unspecified atom stereocenters. The fourth-order valence-corrected chi connectivity index (χ4v) is 5.18. The van der Waals surface area contributed by atoms with Crippen molar-refractivity contribution in [1.29, 1.82) is 0 Å². The largest absolute Gasteiger partial charge is 0.457 e. The van der Waals surface area contributed by atoms with Gasteiger partial charge in [0.2, 0.25) is 5.91 Å². The molecule has 2 heterocycles. The Bertz CT molecular complexity index is 994. The number of rotatable bonds is 7. The maximum atomic E-state index is 12.9. The Morgan fingerprint density at radius 1 is 0.829 bits per heavy atom. The van der Waals surface area contributed by atoms with Gasteiger partial charge in [0.25, 0.3) is 0 Å². The molecule has 3 aliphatic rings. The van der Waals surface area contributed by atoms with E-state index in [4.69, 9.17) is 4.74 Å². The number of piperazine rings is 2. The van der Waals surface area contributed by atoms with Crippen LogP contribution in [0.3, 0.4) is 0 Å². The molecule has 1 amide bonds. The number of carbonyl (C=O) groups excluding carboxylic acids is 2. The van der Waals surface area contributed by atoms with Crippen LogP contribution in [0.25, 0.3) is 0 Å². The number of benzene rings is 2. The van der Waals surface area contributed by atoms with Crippen molar-refractivity contribution in [2.24, 2.45) is 0 Å². The van der Waals surface area contributed by atoms with Gasteiger partial charge in [-0.1, -0.05) is 42.8 Å². The number of carbonyl (C=O) groups is 2. The summed E-state index contributed by atoms with van der Waals surface area (Å²) in [6, 6.07) is 18.1. The first-order valence-electron chi connectivity index (χ1n) is 13.0. The first-order valence-corrected chi connectivity index (χ1v) is 13.0. The molecule has 7 nitrogen and oxygen atoms in total. The van der Waals surface area contributed by atoms with Crippen LogP contribution in [0.5, 0.6) is 0 Å². The van der Waals surface area contributed by atoms with E-state index in [2.05, 4.69) is 14.7 Å². The first kappa shape index (κ1) is 23.8. The number of anilines is 1. The summed E-state index contributed by atoms with van der Waals surface area (Å²) in [7, 11) is 0. The molecule has 0 spiro atoms. The topological polar surface area (TPSA) is 56.3 Å². The van der Waals surface area contributed by atoms with Crippen molar-refractivity contribution in [2.45, 2.75) is 31.9 Å². The highest BCUT2D eigenvalue weighted by Gasteiger charge is 2.30. The lowest BCUT2D eigenvalue weighted by molar-refractivity contribution is -0.134. The summed E-state index contributed by atoms with van der Waals surface area (Å²) in [4.78, 5) is 34.6. The molecule has 0 radical (unpaired) electrons. The molecule has 2 aliphatic heterocycles. The first-order chi connectivity index (χ1) is 17.2.